The number of nitrogens with one attached hydrogen (secondary N) is 2. The average molecular weight is 354 g/mol. The minimum atomic E-state index is -1.23. The smallest absolute Gasteiger partial charge is 0.339 e. The van der Waals surface area contributed by atoms with Crippen molar-refractivity contribution in [2.24, 2.45) is 0 Å². The van der Waals surface area contributed by atoms with Gasteiger partial charge in [0.25, 0.3) is 5.91 Å². The first kappa shape index (κ1) is 19.2. The molecule has 136 valence electrons. The number of rotatable bonds is 5. The van der Waals surface area contributed by atoms with Crippen LogP contribution in [-0.4, -0.2) is 24.5 Å². The number of carbonyl (C=O) groups is 3. The Morgan fingerprint density at radius 3 is 2.31 bits per heavy atom. The van der Waals surface area contributed by atoms with Gasteiger partial charge in [-0.2, -0.15) is 0 Å². The van der Waals surface area contributed by atoms with Crippen LogP contribution in [0.3, 0.4) is 0 Å². The largest absolute Gasteiger partial charge is 0.444 e. The quantitative estimate of drug-likeness (QED) is 0.808. The molecule has 2 aromatic carbocycles. The van der Waals surface area contributed by atoms with Crippen molar-refractivity contribution in [2.45, 2.75) is 26.9 Å². The summed E-state index contributed by atoms with van der Waals surface area (Å²) in [7, 11) is 0. The number of urea groups is 1. The Bertz CT molecular complexity index is 803. The topological polar surface area (TPSA) is 84.5 Å². The summed E-state index contributed by atoms with van der Waals surface area (Å²) in [5.41, 5.74) is 2.82. The van der Waals surface area contributed by atoms with Crippen LogP contribution in [0.5, 0.6) is 0 Å². The van der Waals surface area contributed by atoms with Gasteiger partial charge in [0.05, 0.1) is 5.56 Å². The monoisotopic (exact) mass is 354 g/mol. The Labute approximate surface area is 152 Å². The molecule has 0 aliphatic heterocycles. The number of hydrogen-bond acceptors (Lipinski definition) is 4. The highest BCUT2D eigenvalue weighted by molar-refractivity contribution is 5.99. The lowest BCUT2D eigenvalue weighted by atomic mass is 10.1. The van der Waals surface area contributed by atoms with Gasteiger partial charge in [-0.3, -0.25) is 10.1 Å². The zero-order valence-electron chi connectivity index (χ0n) is 15.0. The second kappa shape index (κ2) is 8.80. The summed E-state index contributed by atoms with van der Waals surface area (Å²) in [4.78, 5) is 36.6. The number of aryl methyl sites for hydroxylation is 2. The molecule has 6 nitrogen and oxygen atoms in total. The van der Waals surface area contributed by atoms with Gasteiger partial charge < -0.3 is 10.1 Å². The van der Waals surface area contributed by atoms with E-state index in [1.807, 2.05) is 19.9 Å². The van der Waals surface area contributed by atoms with E-state index in [9.17, 15) is 14.4 Å². The molecule has 0 aromatic heterocycles. The first-order chi connectivity index (χ1) is 12.4. The highest BCUT2D eigenvalue weighted by Gasteiger charge is 2.27. The predicted molar refractivity (Wildman–Crippen MR) is 97.7 cm³/mol. The Hall–Kier alpha value is -3.15. The standard InChI is InChI=1S/C20H22N2O4/c1-4-21-20(25)22-18(23)17(15-8-6-5-7-9-15)26-19(24)16-11-10-13(2)14(3)12-16/h5-12,17H,4H2,1-3H3,(H2,21,22,23,25)/t17-/m0/s1. The molecule has 0 radical (unpaired) electrons. The van der Waals surface area contributed by atoms with Gasteiger partial charge in [0.1, 0.15) is 0 Å². The van der Waals surface area contributed by atoms with Crippen LogP contribution >= 0.6 is 0 Å². The zero-order chi connectivity index (χ0) is 19.1. The summed E-state index contributed by atoms with van der Waals surface area (Å²) in [6, 6.07) is 13.1. The van der Waals surface area contributed by atoms with Crippen LogP contribution in [0.25, 0.3) is 0 Å². The minimum Gasteiger partial charge on any atom is -0.444 e. The van der Waals surface area contributed by atoms with E-state index >= 15 is 0 Å². The molecule has 0 spiro atoms. The van der Waals surface area contributed by atoms with Crippen LogP contribution in [0.1, 0.15) is 40.1 Å². The Kier molecular flexibility index (Phi) is 6.49. The number of benzene rings is 2. The van der Waals surface area contributed by atoms with Crippen molar-refractivity contribution < 1.29 is 19.1 Å². The SMILES string of the molecule is CCNC(=O)NC(=O)[C@@H](OC(=O)c1ccc(C)c(C)c1)c1ccccc1. The van der Waals surface area contributed by atoms with Crippen molar-refractivity contribution in [3.8, 4) is 0 Å². The maximum Gasteiger partial charge on any atom is 0.339 e. The van der Waals surface area contributed by atoms with E-state index in [4.69, 9.17) is 4.74 Å². The first-order valence-corrected chi connectivity index (χ1v) is 8.34. The molecule has 2 rings (SSSR count). The molecular weight excluding hydrogens is 332 g/mol. The number of hydrogen-bond donors (Lipinski definition) is 2. The first-order valence-electron chi connectivity index (χ1n) is 8.34. The average Bonchev–Trinajstić information content (AvgIpc) is 2.62. The molecule has 0 bridgehead atoms. The Morgan fingerprint density at radius 1 is 1.00 bits per heavy atom. The second-order valence-corrected chi connectivity index (χ2v) is 5.84. The van der Waals surface area contributed by atoms with Crippen LogP contribution in [-0.2, 0) is 9.53 Å². The van der Waals surface area contributed by atoms with Crippen molar-refractivity contribution in [3.63, 3.8) is 0 Å². The third-order valence-electron chi connectivity index (χ3n) is 3.88. The summed E-state index contributed by atoms with van der Waals surface area (Å²) in [5.74, 6) is -1.34. The van der Waals surface area contributed by atoms with Crippen molar-refractivity contribution >= 4 is 17.9 Å². The molecule has 0 saturated carbocycles. The highest BCUT2D eigenvalue weighted by atomic mass is 16.5. The number of esters is 1. The van der Waals surface area contributed by atoms with Crippen molar-refractivity contribution in [3.05, 3.63) is 70.8 Å². The molecule has 2 N–H and O–H groups in total. The van der Waals surface area contributed by atoms with E-state index in [0.717, 1.165) is 11.1 Å². The fourth-order valence-corrected chi connectivity index (χ4v) is 2.33. The fraction of sp³-hybridized carbons (Fsp3) is 0.250. The van der Waals surface area contributed by atoms with Crippen molar-refractivity contribution in [2.75, 3.05) is 6.54 Å². The molecule has 3 amide bonds. The Morgan fingerprint density at radius 2 is 1.69 bits per heavy atom. The van der Waals surface area contributed by atoms with E-state index < -0.39 is 24.0 Å². The molecule has 2 aromatic rings. The van der Waals surface area contributed by atoms with E-state index in [1.165, 1.54) is 0 Å². The number of imide groups is 1. The lowest BCUT2D eigenvalue weighted by Crippen LogP contribution is -2.42. The molecule has 0 saturated heterocycles. The number of amides is 3. The van der Waals surface area contributed by atoms with Crippen LogP contribution in [0, 0.1) is 13.8 Å². The van der Waals surface area contributed by atoms with Gasteiger partial charge in [-0.25, -0.2) is 9.59 Å². The molecule has 1 atom stereocenters. The van der Waals surface area contributed by atoms with Gasteiger partial charge in [0, 0.05) is 12.1 Å². The van der Waals surface area contributed by atoms with Crippen LogP contribution < -0.4 is 10.6 Å². The molecular formula is C20H22N2O4. The molecule has 0 aliphatic carbocycles. The van der Waals surface area contributed by atoms with E-state index in [-0.39, 0.29) is 0 Å². The lowest BCUT2D eigenvalue weighted by Gasteiger charge is -2.18. The normalized spacial score (nSPS) is 11.3. The van der Waals surface area contributed by atoms with Crippen LogP contribution in [0.4, 0.5) is 4.79 Å². The predicted octanol–water partition coefficient (Wildman–Crippen LogP) is 3.05. The maximum absolute atomic E-state index is 12.5. The molecule has 0 heterocycles. The number of carbonyl (C=O) groups excluding carboxylic acids is 3. The molecule has 0 fully saturated rings. The molecule has 0 unspecified atom stereocenters. The van der Waals surface area contributed by atoms with Gasteiger partial charge in [-0.05, 0) is 44.0 Å². The molecule has 6 heteroatoms. The summed E-state index contributed by atoms with van der Waals surface area (Å²) in [5, 5.41) is 4.66. The summed E-state index contributed by atoms with van der Waals surface area (Å²) in [6.07, 6.45) is -1.23. The maximum atomic E-state index is 12.5. The molecule has 26 heavy (non-hydrogen) atoms. The zero-order valence-corrected chi connectivity index (χ0v) is 15.0. The van der Waals surface area contributed by atoms with Gasteiger partial charge in [-0.1, -0.05) is 36.4 Å². The highest BCUT2D eigenvalue weighted by Crippen LogP contribution is 2.20. The summed E-state index contributed by atoms with van der Waals surface area (Å²) in [6.45, 7) is 5.94. The van der Waals surface area contributed by atoms with Gasteiger partial charge in [-0.15, -0.1) is 0 Å². The van der Waals surface area contributed by atoms with Gasteiger partial charge >= 0.3 is 12.0 Å². The summed E-state index contributed by atoms with van der Waals surface area (Å²) < 4.78 is 5.43. The van der Waals surface area contributed by atoms with Crippen LogP contribution in [0.2, 0.25) is 0 Å². The Balaban J connectivity index is 2.23. The third-order valence-corrected chi connectivity index (χ3v) is 3.88. The van der Waals surface area contributed by atoms with Gasteiger partial charge in [0.2, 0.25) is 6.10 Å². The van der Waals surface area contributed by atoms with Crippen molar-refractivity contribution in [1.82, 2.24) is 10.6 Å². The third kappa shape index (κ3) is 4.92. The second-order valence-electron chi connectivity index (χ2n) is 5.84. The van der Waals surface area contributed by atoms with E-state index in [2.05, 4.69) is 10.6 Å². The number of ether oxygens (including phenoxy) is 1. The summed E-state index contributed by atoms with van der Waals surface area (Å²) >= 11 is 0. The van der Waals surface area contributed by atoms with Crippen LogP contribution in [0.15, 0.2) is 48.5 Å². The van der Waals surface area contributed by atoms with E-state index in [0.29, 0.717) is 17.7 Å². The van der Waals surface area contributed by atoms with Crippen molar-refractivity contribution in [1.29, 1.82) is 0 Å². The minimum absolute atomic E-state index is 0.347. The fourth-order valence-electron chi connectivity index (χ4n) is 2.33. The van der Waals surface area contributed by atoms with Gasteiger partial charge in [0.15, 0.2) is 0 Å². The lowest BCUT2D eigenvalue weighted by molar-refractivity contribution is -0.129. The molecule has 0 aliphatic rings. The van der Waals surface area contributed by atoms with E-state index in [1.54, 1.807) is 49.4 Å².